The summed E-state index contributed by atoms with van der Waals surface area (Å²) in [5.74, 6) is 4.66. The van der Waals surface area contributed by atoms with E-state index in [0.29, 0.717) is 6.42 Å². The Morgan fingerprint density at radius 2 is 1.83 bits per heavy atom. The minimum Gasteiger partial charge on any atom is -0.368 e. The molecule has 164 valence electrons. The Labute approximate surface area is 176 Å². The average molecular weight is 419 g/mol. The third-order valence-electron chi connectivity index (χ3n) is 6.66. The smallest absolute Gasteiger partial charge is 0.235 e. The van der Waals surface area contributed by atoms with Gasteiger partial charge in [-0.2, -0.15) is 0 Å². The normalized spacial score (nSPS) is 24.9. The summed E-state index contributed by atoms with van der Waals surface area (Å²) in [5.41, 5.74) is 0.879. The van der Waals surface area contributed by atoms with Gasteiger partial charge in [0, 0.05) is 51.8 Å². The van der Waals surface area contributed by atoms with Crippen molar-refractivity contribution in [3.8, 4) is 0 Å². The molecule has 0 bridgehead atoms. The highest BCUT2D eigenvalue weighted by molar-refractivity contribution is 6.00. The van der Waals surface area contributed by atoms with Crippen LogP contribution in [0.2, 0.25) is 0 Å². The summed E-state index contributed by atoms with van der Waals surface area (Å²) < 4.78 is 14.7. The van der Waals surface area contributed by atoms with Crippen LogP contribution in [0, 0.1) is 11.7 Å². The van der Waals surface area contributed by atoms with Crippen LogP contribution in [0.5, 0.6) is 0 Å². The lowest BCUT2D eigenvalue weighted by Gasteiger charge is -2.37. The van der Waals surface area contributed by atoms with Crippen LogP contribution in [-0.2, 0) is 9.59 Å². The SMILES string of the molecule is NN1CCC(CCN2CCN(c3cnc(C4CCC(=O)NC4=O)c(F)c3)CC2)CC1. The molecule has 0 aliphatic carbocycles. The number of halogens is 1. The largest absolute Gasteiger partial charge is 0.368 e. The zero-order valence-corrected chi connectivity index (χ0v) is 17.4. The van der Waals surface area contributed by atoms with Crippen LogP contribution in [0.4, 0.5) is 10.1 Å². The van der Waals surface area contributed by atoms with Gasteiger partial charge in [-0.05, 0) is 38.1 Å². The Balaban J connectivity index is 1.28. The molecule has 9 heteroatoms. The van der Waals surface area contributed by atoms with Crippen molar-refractivity contribution in [1.82, 2.24) is 20.2 Å². The highest BCUT2D eigenvalue weighted by atomic mass is 19.1. The van der Waals surface area contributed by atoms with Gasteiger partial charge < -0.3 is 4.90 Å². The number of nitrogens with one attached hydrogen (secondary N) is 1. The molecule has 8 nitrogen and oxygen atoms in total. The van der Waals surface area contributed by atoms with Crippen molar-refractivity contribution < 1.29 is 14.0 Å². The lowest BCUT2D eigenvalue weighted by molar-refractivity contribution is -0.134. The van der Waals surface area contributed by atoms with Gasteiger partial charge >= 0.3 is 0 Å². The molecule has 3 fully saturated rings. The van der Waals surface area contributed by atoms with E-state index in [1.54, 1.807) is 6.20 Å². The number of piperazine rings is 1. The number of carbonyl (C=O) groups excluding carboxylic acids is 2. The fourth-order valence-corrected chi connectivity index (χ4v) is 4.66. The molecule has 3 aliphatic rings. The van der Waals surface area contributed by atoms with Gasteiger partial charge in [0.05, 0.1) is 23.5 Å². The zero-order valence-electron chi connectivity index (χ0n) is 17.4. The summed E-state index contributed by atoms with van der Waals surface area (Å²) >= 11 is 0. The van der Waals surface area contributed by atoms with Gasteiger partial charge in [-0.15, -0.1) is 0 Å². The summed E-state index contributed by atoms with van der Waals surface area (Å²) in [4.78, 5) is 32.2. The van der Waals surface area contributed by atoms with E-state index in [2.05, 4.69) is 20.1 Å². The molecule has 30 heavy (non-hydrogen) atoms. The molecule has 0 radical (unpaired) electrons. The highest BCUT2D eigenvalue weighted by Gasteiger charge is 2.31. The predicted molar refractivity (Wildman–Crippen MR) is 111 cm³/mol. The first kappa shape index (κ1) is 21.1. The number of nitrogens with two attached hydrogens (primary N) is 1. The fraction of sp³-hybridized carbons (Fsp3) is 0.667. The Morgan fingerprint density at radius 3 is 2.50 bits per heavy atom. The molecule has 0 spiro atoms. The van der Waals surface area contributed by atoms with Crippen LogP contribution in [0.15, 0.2) is 12.3 Å². The lowest BCUT2D eigenvalue weighted by Crippen LogP contribution is -2.47. The summed E-state index contributed by atoms with van der Waals surface area (Å²) in [5, 5.41) is 4.18. The monoisotopic (exact) mass is 418 g/mol. The molecule has 3 saturated heterocycles. The number of anilines is 1. The fourth-order valence-electron chi connectivity index (χ4n) is 4.66. The highest BCUT2D eigenvalue weighted by Crippen LogP contribution is 2.28. The summed E-state index contributed by atoms with van der Waals surface area (Å²) in [7, 11) is 0. The molecule has 1 aromatic rings. The first-order valence-corrected chi connectivity index (χ1v) is 11.0. The predicted octanol–water partition coefficient (Wildman–Crippen LogP) is 0.839. The van der Waals surface area contributed by atoms with Crippen LogP contribution in [-0.4, -0.2) is 72.5 Å². The van der Waals surface area contributed by atoms with E-state index in [4.69, 9.17) is 5.84 Å². The van der Waals surface area contributed by atoms with E-state index in [1.807, 2.05) is 5.01 Å². The van der Waals surface area contributed by atoms with E-state index in [1.165, 1.54) is 25.3 Å². The number of hydrogen-bond acceptors (Lipinski definition) is 7. The van der Waals surface area contributed by atoms with Crippen LogP contribution in [0.25, 0.3) is 0 Å². The van der Waals surface area contributed by atoms with Gasteiger partial charge in [-0.3, -0.25) is 30.6 Å². The molecule has 0 aromatic carbocycles. The van der Waals surface area contributed by atoms with Crippen molar-refractivity contribution >= 4 is 17.5 Å². The second-order valence-electron chi connectivity index (χ2n) is 8.66. The molecule has 2 amide bonds. The minimum atomic E-state index is -0.695. The Bertz CT molecular complexity index is 775. The molecule has 1 unspecified atom stereocenters. The zero-order chi connectivity index (χ0) is 21.1. The number of carbonyl (C=O) groups is 2. The maximum absolute atomic E-state index is 14.7. The average Bonchev–Trinajstić information content (AvgIpc) is 2.74. The third kappa shape index (κ3) is 4.96. The van der Waals surface area contributed by atoms with Gasteiger partial charge in [0.1, 0.15) is 5.82 Å². The molecular weight excluding hydrogens is 387 g/mol. The Hall–Kier alpha value is -2.10. The summed E-state index contributed by atoms with van der Waals surface area (Å²) in [6.07, 6.45) is 5.74. The number of piperidine rings is 2. The van der Waals surface area contributed by atoms with Gasteiger partial charge in [-0.25, -0.2) is 9.40 Å². The van der Waals surface area contributed by atoms with Crippen LogP contribution < -0.4 is 16.1 Å². The number of aromatic nitrogens is 1. The van der Waals surface area contributed by atoms with Crippen molar-refractivity contribution in [2.24, 2.45) is 11.8 Å². The molecule has 3 N–H and O–H groups in total. The molecule has 4 rings (SSSR count). The molecule has 3 aliphatic heterocycles. The third-order valence-corrected chi connectivity index (χ3v) is 6.66. The van der Waals surface area contributed by atoms with Gasteiger partial charge in [-0.1, -0.05) is 0 Å². The Kier molecular flexibility index (Phi) is 6.60. The number of hydrazine groups is 1. The van der Waals surface area contributed by atoms with Crippen molar-refractivity contribution in [1.29, 1.82) is 0 Å². The van der Waals surface area contributed by atoms with Crippen molar-refractivity contribution in [2.45, 2.75) is 38.0 Å². The van der Waals surface area contributed by atoms with Crippen molar-refractivity contribution in [2.75, 3.05) is 50.7 Å². The quantitative estimate of drug-likeness (QED) is 0.540. The maximum atomic E-state index is 14.7. The van der Waals surface area contributed by atoms with Gasteiger partial charge in [0.25, 0.3) is 0 Å². The van der Waals surface area contributed by atoms with E-state index >= 15 is 0 Å². The minimum absolute atomic E-state index is 0.130. The van der Waals surface area contributed by atoms with E-state index in [9.17, 15) is 14.0 Å². The maximum Gasteiger partial charge on any atom is 0.235 e. The lowest BCUT2D eigenvalue weighted by atomic mass is 9.94. The van der Waals surface area contributed by atoms with Crippen molar-refractivity contribution in [3.05, 3.63) is 23.8 Å². The first-order chi connectivity index (χ1) is 14.5. The number of pyridine rings is 1. The summed E-state index contributed by atoms with van der Waals surface area (Å²) in [6.45, 7) is 6.65. The first-order valence-electron chi connectivity index (χ1n) is 11.0. The van der Waals surface area contributed by atoms with E-state index in [0.717, 1.165) is 57.4 Å². The standard InChI is InChI=1S/C21H31FN6O2/c22-18-13-16(14-24-20(18)17-1-2-19(29)25-21(17)30)27-11-9-26(10-12-27)6-3-15-4-7-28(23)8-5-15/h13-15,17H,1-12,23H2,(H,25,29,30). The van der Waals surface area contributed by atoms with Crippen LogP contribution in [0.3, 0.4) is 0 Å². The summed E-state index contributed by atoms with van der Waals surface area (Å²) in [6, 6.07) is 1.47. The van der Waals surface area contributed by atoms with E-state index in [-0.39, 0.29) is 18.0 Å². The second-order valence-corrected chi connectivity index (χ2v) is 8.66. The molecule has 4 heterocycles. The Morgan fingerprint density at radius 1 is 1.10 bits per heavy atom. The number of hydrogen-bond donors (Lipinski definition) is 2. The number of nitrogens with zero attached hydrogens (tertiary/aromatic N) is 4. The van der Waals surface area contributed by atoms with Gasteiger partial charge in [0.15, 0.2) is 0 Å². The second kappa shape index (κ2) is 9.36. The number of rotatable bonds is 5. The number of imide groups is 1. The van der Waals surface area contributed by atoms with E-state index < -0.39 is 17.6 Å². The number of amides is 2. The molecule has 1 atom stereocenters. The molecular formula is C21H31FN6O2. The van der Waals surface area contributed by atoms with Crippen molar-refractivity contribution in [3.63, 3.8) is 0 Å². The van der Waals surface area contributed by atoms with Crippen LogP contribution in [0.1, 0.15) is 43.7 Å². The van der Waals surface area contributed by atoms with Gasteiger partial charge in [0.2, 0.25) is 11.8 Å². The van der Waals surface area contributed by atoms with Crippen LogP contribution >= 0.6 is 0 Å². The molecule has 1 aromatic heterocycles. The molecule has 0 saturated carbocycles. The topological polar surface area (TPSA) is 94.8 Å².